The molecule has 2 N–H and O–H groups in total. The van der Waals surface area contributed by atoms with Gasteiger partial charge in [0.05, 0.1) is 19.9 Å². The first-order valence-corrected chi connectivity index (χ1v) is 6.45. The second-order valence-corrected chi connectivity index (χ2v) is 5.00. The lowest BCUT2D eigenvalue weighted by atomic mass is 10.1. The highest BCUT2D eigenvalue weighted by Crippen LogP contribution is 2.42. The van der Waals surface area contributed by atoms with Crippen LogP contribution in [0.15, 0.2) is 18.2 Å². The SMILES string of the molecule is COc1ccc(OC)c(-c2sc(C#N)c(N)c2C)c1. The third kappa shape index (κ3) is 2.23. The summed E-state index contributed by atoms with van der Waals surface area (Å²) < 4.78 is 10.6. The van der Waals surface area contributed by atoms with Gasteiger partial charge in [0.1, 0.15) is 22.4 Å². The third-order valence-corrected chi connectivity index (χ3v) is 4.19. The van der Waals surface area contributed by atoms with E-state index in [1.807, 2.05) is 25.1 Å². The predicted molar refractivity (Wildman–Crippen MR) is 76.7 cm³/mol. The van der Waals surface area contributed by atoms with Crippen LogP contribution in [0, 0.1) is 18.3 Å². The maximum absolute atomic E-state index is 9.05. The molecule has 2 rings (SSSR count). The molecule has 0 aliphatic rings. The number of nitrogens with two attached hydrogens (primary N) is 1. The van der Waals surface area contributed by atoms with Crippen molar-refractivity contribution in [3.05, 3.63) is 28.6 Å². The Kier molecular flexibility index (Phi) is 3.63. The minimum Gasteiger partial charge on any atom is -0.497 e. The van der Waals surface area contributed by atoms with Crippen molar-refractivity contribution in [1.82, 2.24) is 0 Å². The van der Waals surface area contributed by atoms with Crippen molar-refractivity contribution in [2.45, 2.75) is 6.92 Å². The average Bonchev–Trinajstić information content (AvgIpc) is 2.74. The van der Waals surface area contributed by atoms with Gasteiger partial charge in [-0.25, -0.2) is 0 Å². The van der Waals surface area contributed by atoms with Crippen LogP contribution in [0.3, 0.4) is 0 Å². The summed E-state index contributed by atoms with van der Waals surface area (Å²) in [6, 6.07) is 7.68. The van der Waals surface area contributed by atoms with Gasteiger partial charge in [0.2, 0.25) is 0 Å². The summed E-state index contributed by atoms with van der Waals surface area (Å²) in [6.07, 6.45) is 0. The van der Waals surface area contributed by atoms with E-state index in [1.54, 1.807) is 14.2 Å². The van der Waals surface area contributed by atoms with Gasteiger partial charge in [-0.15, -0.1) is 11.3 Å². The minimum absolute atomic E-state index is 0.525. The summed E-state index contributed by atoms with van der Waals surface area (Å²) in [5.74, 6) is 1.47. The number of nitrogens with zero attached hydrogens (tertiary/aromatic N) is 1. The molecule has 0 spiro atoms. The van der Waals surface area contributed by atoms with Crippen LogP contribution in [0.1, 0.15) is 10.4 Å². The van der Waals surface area contributed by atoms with Crippen LogP contribution in [0.4, 0.5) is 5.69 Å². The zero-order valence-corrected chi connectivity index (χ0v) is 11.8. The average molecular weight is 274 g/mol. The van der Waals surface area contributed by atoms with Crippen molar-refractivity contribution >= 4 is 17.0 Å². The number of hydrogen-bond acceptors (Lipinski definition) is 5. The Labute approximate surface area is 116 Å². The summed E-state index contributed by atoms with van der Waals surface area (Å²) >= 11 is 1.37. The molecule has 0 aliphatic heterocycles. The first-order chi connectivity index (χ1) is 9.12. The van der Waals surface area contributed by atoms with Crippen molar-refractivity contribution in [1.29, 1.82) is 5.26 Å². The van der Waals surface area contributed by atoms with Crippen LogP contribution in [-0.2, 0) is 0 Å². The van der Waals surface area contributed by atoms with Crippen LogP contribution in [0.25, 0.3) is 10.4 Å². The summed E-state index contributed by atoms with van der Waals surface area (Å²) in [5.41, 5.74) is 8.25. The van der Waals surface area contributed by atoms with Crippen LogP contribution >= 0.6 is 11.3 Å². The molecular weight excluding hydrogens is 260 g/mol. The fourth-order valence-corrected chi connectivity index (χ4v) is 2.90. The molecule has 0 amide bonds. The molecule has 98 valence electrons. The van der Waals surface area contributed by atoms with Gasteiger partial charge in [-0.1, -0.05) is 0 Å². The molecule has 0 unspecified atom stereocenters. The van der Waals surface area contributed by atoms with Gasteiger partial charge in [-0.3, -0.25) is 0 Å². The van der Waals surface area contributed by atoms with E-state index in [0.29, 0.717) is 10.6 Å². The Bertz CT molecular complexity index is 656. The fraction of sp³-hybridized carbons (Fsp3) is 0.214. The summed E-state index contributed by atoms with van der Waals surface area (Å²) in [7, 11) is 3.23. The largest absolute Gasteiger partial charge is 0.497 e. The van der Waals surface area contributed by atoms with Crippen LogP contribution < -0.4 is 15.2 Å². The van der Waals surface area contributed by atoms with Crippen molar-refractivity contribution in [3.63, 3.8) is 0 Å². The molecule has 19 heavy (non-hydrogen) atoms. The zero-order valence-electron chi connectivity index (χ0n) is 11.0. The van der Waals surface area contributed by atoms with Crippen LogP contribution in [0.2, 0.25) is 0 Å². The first kappa shape index (κ1) is 13.2. The molecule has 0 aliphatic carbocycles. The Morgan fingerprint density at radius 1 is 1.26 bits per heavy atom. The number of nitriles is 1. The number of nitrogen functional groups attached to an aromatic ring is 1. The monoisotopic (exact) mass is 274 g/mol. The van der Waals surface area contributed by atoms with Gasteiger partial charge < -0.3 is 15.2 Å². The molecule has 2 aromatic rings. The molecule has 0 atom stereocenters. The highest BCUT2D eigenvalue weighted by atomic mass is 32.1. The molecule has 1 aromatic heterocycles. The van der Waals surface area contributed by atoms with E-state index in [4.69, 9.17) is 20.5 Å². The molecule has 0 radical (unpaired) electrons. The van der Waals surface area contributed by atoms with Crippen LogP contribution in [-0.4, -0.2) is 14.2 Å². The van der Waals surface area contributed by atoms with Crippen molar-refractivity contribution in [2.24, 2.45) is 0 Å². The highest BCUT2D eigenvalue weighted by Gasteiger charge is 2.17. The van der Waals surface area contributed by atoms with Crippen molar-refractivity contribution < 1.29 is 9.47 Å². The topological polar surface area (TPSA) is 68.3 Å². The van der Waals surface area contributed by atoms with Crippen molar-refractivity contribution in [2.75, 3.05) is 20.0 Å². The quantitative estimate of drug-likeness (QED) is 0.933. The lowest BCUT2D eigenvalue weighted by molar-refractivity contribution is 0.404. The Balaban J connectivity index is 2.67. The maximum Gasteiger partial charge on any atom is 0.128 e. The van der Waals surface area contributed by atoms with Gasteiger partial charge in [0, 0.05) is 10.4 Å². The predicted octanol–water partition coefficient (Wildman–Crippen LogP) is 3.19. The number of rotatable bonds is 3. The van der Waals surface area contributed by atoms with E-state index in [0.717, 1.165) is 27.5 Å². The minimum atomic E-state index is 0.525. The standard InChI is InChI=1S/C14H14N2O2S/c1-8-13(16)12(7-15)19-14(8)10-6-9(17-2)4-5-11(10)18-3/h4-6H,16H2,1-3H3. The number of hydrogen-bond donors (Lipinski definition) is 1. The van der Waals surface area contributed by atoms with E-state index in [1.165, 1.54) is 11.3 Å². The molecule has 0 fully saturated rings. The van der Waals surface area contributed by atoms with E-state index >= 15 is 0 Å². The van der Waals surface area contributed by atoms with Gasteiger partial charge in [-0.05, 0) is 30.7 Å². The van der Waals surface area contributed by atoms with Crippen LogP contribution in [0.5, 0.6) is 11.5 Å². The number of methoxy groups -OCH3 is 2. The van der Waals surface area contributed by atoms with E-state index in [9.17, 15) is 0 Å². The number of benzene rings is 1. The maximum atomic E-state index is 9.05. The Morgan fingerprint density at radius 2 is 2.00 bits per heavy atom. The van der Waals surface area contributed by atoms with E-state index in [2.05, 4.69) is 6.07 Å². The zero-order chi connectivity index (χ0) is 14.0. The normalized spacial score (nSPS) is 10.0. The summed E-state index contributed by atoms with van der Waals surface area (Å²) in [5, 5.41) is 9.05. The molecule has 5 heteroatoms. The fourth-order valence-electron chi connectivity index (χ4n) is 1.86. The first-order valence-electron chi connectivity index (χ1n) is 5.63. The number of ether oxygens (including phenoxy) is 2. The number of thiophene rings is 1. The van der Waals surface area contributed by atoms with Gasteiger partial charge >= 0.3 is 0 Å². The number of anilines is 1. The van der Waals surface area contributed by atoms with Gasteiger partial charge in [-0.2, -0.15) is 5.26 Å². The van der Waals surface area contributed by atoms with E-state index in [-0.39, 0.29) is 0 Å². The molecule has 1 heterocycles. The second-order valence-electron chi connectivity index (χ2n) is 3.98. The van der Waals surface area contributed by atoms with Gasteiger partial charge in [0.15, 0.2) is 0 Å². The molecule has 0 saturated carbocycles. The third-order valence-electron chi connectivity index (χ3n) is 2.95. The summed E-state index contributed by atoms with van der Waals surface area (Å²) in [6.45, 7) is 1.90. The van der Waals surface area contributed by atoms with Gasteiger partial charge in [0.25, 0.3) is 0 Å². The Hall–Kier alpha value is -2.19. The highest BCUT2D eigenvalue weighted by molar-refractivity contribution is 7.16. The Morgan fingerprint density at radius 3 is 2.53 bits per heavy atom. The summed E-state index contributed by atoms with van der Waals surface area (Å²) in [4.78, 5) is 1.46. The second kappa shape index (κ2) is 5.21. The molecule has 0 bridgehead atoms. The van der Waals surface area contributed by atoms with Crippen molar-refractivity contribution in [3.8, 4) is 28.0 Å². The lowest BCUT2D eigenvalue weighted by Gasteiger charge is -2.10. The lowest BCUT2D eigenvalue weighted by Crippen LogP contribution is -1.91. The molecular formula is C14H14N2O2S. The van der Waals surface area contributed by atoms with E-state index < -0.39 is 0 Å². The smallest absolute Gasteiger partial charge is 0.128 e. The molecule has 1 aromatic carbocycles. The molecule has 0 saturated heterocycles. The molecule has 4 nitrogen and oxygen atoms in total.